The standard InChI is InChI=1S/C18H16N2O6/c1-26-12-7-8-15(20(24)25)13(9-12)16(21)19-18(17(22)23)10-14(18)11-5-3-2-4-6-11/h2-9,14H,10H2,1H3,(H,19,21)(H,22,23). The van der Waals surface area contributed by atoms with E-state index in [1.165, 1.54) is 19.2 Å². The van der Waals surface area contributed by atoms with Crippen LogP contribution < -0.4 is 10.1 Å². The molecule has 2 N–H and O–H groups in total. The van der Waals surface area contributed by atoms with Crippen LogP contribution >= 0.6 is 0 Å². The minimum Gasteiger partial charge on any atom is -0.497 e. The predicted octanol–water partition coefficient (Wildman–Crippen LogP) is 2.34. The van der Waals surface area contributed by atoms with Gasteiger partial charge < -0.3 is 15.2 Å². The molecule has 0 aromatic heterocycles. The number of ether oxygens (including phenoxy) is 1. The maximum atomic E-state index is 12.6. The van der Waals surface area contributed by atoms with Crippen molar-refractivity contribution >= 4 is 17.6 Å². The third-order valence-corrected chi connectivity index (χ3v) is 4.53. The first-order valence-corrected chi connectivity index (χ1v) is 7.82. The van der Waals surface area contributed by atoms with Gasteiger partial charge in [0, 0.05) is 12.0 Å². The number of nitro benzene ring substituents is 1. The number of nitrogens with zero attached hydrogens (tertiary/aromatic N) is 1. The summed E-state index contributed by atoms with van der Waals surface area (Å²) in [5.41, 5.74) is -1.35. The van der Waals surface area contributed by atoms with Gasteiger partial charge in [-0.05, 0) is 24.1 Å². The molecule has 0 spiro atoms. The van der Waals surface area contributed by atoms with Gasteiger partial charge in [-0.1, -0.05) is 30.3 Å². The van der Waals surface area contributed by atoms with Gasteiger partial charge >= 0.3 is 5.97 Å². The minimum atomic E-state index is -1.48. The lowest BCUT2D eigenvalue weighted by Gasteiger charge is -2.15. The van der Waals surface area contributed by atoms with E-state index >= 15 is 0 Å². The third-order valence-electron chi connectivity index (χ3n) is 4.53. The van der Waals surface area contributed by atoms with E-state index in [0.29, 0.717) is 0 Å². The van der Waals surface area contributed by atoms with Gasteiger partial charge in [0.05, 0.1) is 12.0 Å². The Labute approximate surface area is 148 Å². The summed E-state index contributed by atoms with van der Waals surface area (Å²) in [6.07, 6.45) is 0.218. The monoisotopic (exact) mass is 356 g/mol. The van der Waals surface area contributed by atoms with Crippen LogP contribution in [0.5, 0.6) is 5.75 Å². The Hall–Kier alpha value is -3.42. The normalized spacial score (nSPS) is 20.9. The fourth-order valence-electron chi connectivity index (χ4n) is 3.03. The van der Waals surface area contributed by atoms with Crippen LogP contribution in [-0.2, 0) is 4.79 Å². The summed E-state index contributed by atoms with van der Waals surface area (Å²) in [6, 6.07) is 12.7. The summed E-state index contributed by atoms with van der Waals surface area (Å²) in [5, 5.41) is 23.3. The molecule has 2 aromatic carbocycles. The molecule has 2 unspecified atom stereocenters. The molecule has 0 aliphatic heterocycles. The lowest BCUT2D eigenvalue weighted by atomic mass is 10.1. The number of aliphatic carboxylic acids is 1. The maximum Gasteiger partial charge on any atom is 0.330 e. The second-order valence-corrected chi connectivity index (χ2v) is 6.04. The van der Waals surface area contributed by atoms with E-state index in [1.54, 1.807) is 24.3 Å². The zero-order valence-electron chi connectivity index (χ0n) is 13.8. The number of amides is 1. The quantitative estimate of drug-likeness (QED) is 0.606. The summed E-state index contributed by atoms with van der Waals surface area (Å²) < 4.78 is 5.00. The van der Waals surface area contributed by atoms with Gasteiger partial charge in [0.2, 0.25) is 0 Å². The fraction of sp³-hybridized carbons (Fsp3) is 0.222. The molecule has 0 saturated heterocycles. The highest BCUT2D eigenvalue weighted by molar-refractivity contribution is 6.02. The van der Waals surface area contributed by atoms with Gasteiger partial charge in [-0.15, -0.1) is 0 Å². The number of hydrogen-bond acceptors (Lipinski definition) is 5. The molecule has 1 aliphatic rings. The molecule has 3 rings (SSSR count). The van der Waals surface area contributed by atoms with Gasteiger partial charge in [-0.3, -0.25) is 14.9 Å². The second kappa shape index (κ2) is 6.47. The number of benzene rings is 2. The van der Waals surface area contributed by atoms with Crippen molar-refractivity contribution in [2.24, 2.45) is 0 Å². The molecule has 8 nitrogen and oxygen atoms in total. The number of carboxylic acid groups (broad SMARTS) is 1. The highest BCUT2D eigenvalue weighted by Crippen LogP contribution is 2.51. The molecule has 8 heteroatoms. The SMILES string of the molecule is COc1ccc([N+](=O)[O-])c(C(=O)NC2(C(=O)O)CC2c2ccccc2)c1. The van der Waals surface area contributed by atoms with E-state index in [9.17, 15) is 24.8 Å². The highest BCUT2D eigenvalue weighted by atomic mass is 16.6. The molecule has 0 heterocycles. The van der Waals surface area contributed by atoms with Gasteiger partial charge in [0.15, 0.2) is 0 Å². The van der Waals surface area contributed by atoms with E-state index in [1.807, 2.05) is 6.07 Å². The van der Waals surface area contributed by atoms with E-state index < -0.39 is 33.9 Å². The molecule has 2 atom stereocenters. The molecule has 26 heavy (non-hydrogen) atoms. The molecule has 0 bridgehead atoms. The minimum absolute atomic E-state index is 0.218. The zero-order valence-corrected chi connectivity index (χ0v) is 13.8. The third kappa shape index (κ3) is 2.97. The Kier molecular flexibility index (Phi) is 4.33. The van der Waals surface area contributed by atoms with Crippen LogP contribution in [-0.4, -0.2) is 34.6 Å². The van der Waals surface area contributed by atoms with Gasteiger partial charge in [-0.2, -0.15) is 0 Å². The summed E-state index contributed by atoms with van der Waals surface area (Å²) in [5.74, 6) is -2.13. The summed E-state index contributed by atoms with van der Waals surface area (Å²) in [6.45, 7) is 0. The molecule has 1 fully saturated rings. The lowest BCUT2D eigenvalue weighted by Crippen LogP contribution is -2.44. The van der Waals surface area contributed by atoms with Gasteiger partial charge in [-0.25, -0.2) is 4.79 Å². The lowest BCUT2D eigenvalue weighted by molar-refractivity contribution is -0.385. The first-order chi connectivity index (χ1) is 12.4. The Morgan fingerprint density at radius 3 is 2.54 bits per heavy atom. The van der Waals surface area contributed by atoms with Crippen molar-refractivity contribution in [2.75, 3.05) is 7.11 Å². The van der Waals surface area contributed by atoms with Crippen molar-refractivity contribution in [3.63, 3.8) is 0 Å². The van der Waals surface area contributed by atoms with E-state index in [0.717, 1.165) is 11.6 Å². The predicted molar refractivity (Wildman–Crippen MR) is 91.3 cm³/mol. The fourth-order valence-corrected chi connectivity index (χ4v) is 3.03. The van der Waals surface area contributed by atoms with Gasteiger partial charge in [0.1, 0.15) is 16.9 Å². The second-order valence-electron chi connectivity index (χ2n) is 6.04. The average Bonchev–Trinajstić information content (AvgIpc) is 3.37. The maximum absolute atomic E-state index is 12.6. The smallest absolute Gasteiger partial charge is 0.330 e. The van der Waals surface area contributed by atoms with Crippen molar-refractivity contribution < 1.29 is 24.4 Å². The van der Waals surface area contributed by atoms with Crippen LogP contribution in [0.1, 0.15) is 28.3 Å². The van der Waals surface area contributed by atoms with Crippen molar-refractivity contribution in [3.05, 3.63) is 69.8 Å². The number of nitrogens with one attached hydrogen (secondary N) is 1. The molecule has 134 valence electrons. The Bertz CT molecular complexity index is 883. The van der Waals surface area contributed by atoms with Crippen molar-refractivity contribution in [1.82, 2.24) is 5.32 Å². The van der Waals surface area contributed by atoms with Crippen LogP contribution in [0.2, 0.25) is 0 Å². The molecule has 1 amide bonds. The van der Waals surface area contributed by atoms with Crippen LogP contribution in [0, 0.1) is 10.1 Å². The van der Waals surface area contributed by atoms with Crippen LogP contribution in [0.25, 0.3) is 0 Å². The Balaban J connectivity index is 1.91. The number of carbonyl (C=O) groups is 2. The largest absolute Gasteiger partial charge is 0.497 e. The Morgan fingerprint density at radius 2 is 1.96 bits per heavy atom. The number of hydrogen-bond donors (Lipinski definition) is 2. The van der Waals surface area contributed by atoms with Crippen LogP contribution in [0.3, 0.4) is 0 Å². The van der Waals surface area contributed by atoms with Crippen molar-refractivity contribution in [2.45, 2.75) is 17.9 Å². The summed E-state index contributed by atoms with van der Waals surface area (Å²) in [4.78, 5) is 34.9. The Morgan fingerprint density at radius 1 is 1.27 bits per heavy atom. The first-order valence-electron chi connectivity index (χ1n) is 7.82. The number of carbonyl (C=O) groups excluding carboxylic acids is 1. The van der Waals surface area contributed by atoms with Crippen LogP contribution in [0.15, 0.2) is 48.5 Å². The first kappa shape index (κ1) is 17.4. The average molecular weight is 356 g/mol. The number of methoxy groups -OCH3 is 1. The van der Waals surface area contributed by atoms with E-state index in [2.05, 4.69) is 5.32 Å². The molecule has 1 aliphatic carbocycles. The number of rotatable bonds is 6. The topological polar surface area (TPSA) is 119 Å². The molecule has 1 saturated carbocycles. The zero-order chi connectivity index (χ0) is 18.9. The molecular weight excluding hydrogens is 340 g/mol. The highest BCUT2D eigenvalue weighted by Gasteiger charge is 2.62. The number of carboxylic acids is 1. The molecule has 0 radical (unpaired) electrons. The summed E-state index contributed by atoms with van der Waals surface area (Å²) >= 11 is 0. The van der Waals surface area contributed by atoms with E-state index in [-0.39, 0.29) is 17.7 Å². The van der Waals surface area contributed by atoms with Crippen molar-refractivity contribution in [1.29, 1.82) is 0 Å². The molecular formula is C18H16N2O6. The summed E-state index contributed by atoms with van der Waals surface area (Å²) in [7, 11) is 1.37. The van der Waals surface area contributed by atoms with E-state index in [4.69, 9.17) is 4.74 Å². The van der Waals surface area contributed by atoms with Crippen molar-refractivity contribution in [3.8, 4) is 5.75 Å². The molecule has 2 aromatic rings. The van der Waals surface area contributed by atoms with Gasteiger partial charge in [0.25, 0.3) is 11.6 Å². The van der Waals surface area contributed by atoms with Crippen LogP contribution in [0.4, 0.5) is 5.69 Å². The number of nitro groups is 1.